The first-order valence-electron chi connectivity index (χ1n) is 7.55. The number of hydrogen-bond acceptors (Lipinski definition) is 3. The Bertz CT molecular complexity index is 416. The normalized spacial score (nSPS) is 25.3. The Balaban J connectivity index is 2.19. The molecule has 0 aromatic carbocycles. The zero-order chi connectivity index (χ0) is 13.8. The third-order valence-electron chi connectivity index (χ3n) is 4.60. The summed E-state index contributed by atoms with van der Waals surface area (Å²) in [6.45, 7) is 6.52. The SMILES string of the molecule is CCC1CCCC(C(NN)c2ncc(C)cc2C)C1. The molecule has 3 atom stereocenters. The monoisotopic (exact) mass is 261 g/mol. The fourth-order valence-electron chi connectivity index (χ4n) is 3.50. The largest absolute Gasteiger partial charge is 0.271 e. The average Bonchev–Trinajstić information content (AvgIpc) is 2.42. The fraction of sp³-hybridized carbons (Fsp3) is 0.688. The van der Waals surface area contributed by atoms with Gasteiger partial charge in [0, 0.05) is 6.20 Å². The number of aromatic nitrogens is 1. The lowest BCUT2D eigenvalue weighted by atomic mass is 9.75. The summed E-state index contributed by atoms with van der Waals surface area (Å²) >= 11 is 0. The number of hydrazine groups is 1. The molecule has 0 aliphatic heterocycles. The van der Waals surface area contributed by atoms with Crippen LogP contribution in [0.3, 0.4) is 0 Å². The van der Waals surface area contributed by atoms with Gasteiger partial charge < -0.3 is 0 Å². The van der Waals surface area contributed by atoms with Crippen molar-refractivity contribution in [2.24, 2.45) is 17.7 Å². The molecule has 0 radical (unpaired) electrons. The Kier molecular flexibility index (Phi) is 4.94. The average molecular weight is 261 g/mol. The highest BCUT2D eigenvalue weighted by molar-refractivity contribution is 5.26. The van der Waals surface area contributed by atoms with Crippen LogP contribution in [0.2, 0.25) is 0 Å². The van der Waals surface area contributed by atoms with Crippen molar-refractivity contribution in [2.45, 2.75) is 58.9 Å². The molecule has 3 heteroatoms. The van der Waals surface area contributed by atoms with Crippen LogP contribution in [0.15, 0.2) is 12.3 Å². The van der Waals surface area contributed by atoms with Crippen molar-refractivity contribution in [2.75, 3.05) is 0 Å². The van der Waals surface area contributed by atoms with Crippen LogP contribution in [0.5, 0.6) is 0 Å². The standard InChI is InChI=1S/C16H27N3/c1-4-13-6-5-7-14(9-13)16(19-17)15-12(3)8-11(2)10-18-15/h8,10,13-14,16,19H,4-7,9,17H2,1-3H3. The van der Waals surface area contributed by atoms with Gasteiger partial charge in [0.25, 0.3) is 0 Å². The molecule has 1 heterocycles. The topological polar surface area (TPSA) is 50.9 Å². The van der Waals surface area contributed by atoms with E-state index in [-0.39, 0.29) is 6.04 Å². The highest BCUT2D eigenvalue weighted by Gasteiger charge is 2.29. The quantitative estimate of drug-likeness (QED) is 0.645. The zero-order valence-corrected chi connectivity index (χ0v) is 12.4. The van der Waals surface area contributed by atoms with Gasteiger partial charge in [0.1, 0.15) is 0 Å². The first-order chi connectivity index (χ1) is 9.15. The molecule has 1 aromatic heterocycles. The van der Waals surface area contributed by atoms with E-state index in [0.29, 0.717) is 5.92 Å². The first-order valence-corrected chi connectivity index (χ1v) is 7.55. The maximum absolute atomic E-state index is 5.84. The fourth-order valence-corrected chi connectivity index (χ4v) is 3.50. The van der Waals surface area contributed by atoms with E-state index in [4.69, 9.17) is 5.84 Å². The van der Waals surface area contributed by atoms with E-state index >= 15 is 0 Å². The molecule has 1 fully saturated rings. The second-order valence-corrected chi connectivity index (χ2v) is 6.06. The molecule has 0 spiro atoms. The smallest absolute Gasteiger partial charge is 0.0663 e. The Labute approximate surface area is 117 Å². The molecule has 1 aromatic rings. The number of hydrogen-bond donors (Lipinski definition) is 2. The van der Waals surface area contributed by atoms with E-state index < -0.39 is 0 Å². The highest BCUT2D eigenvalue weighted by Crippen LogP contribution is 2.38. The van der Waals surface area contributed by atoms with Crippen molar-refractivity contribution in [3.05, 3.63) is 29.1 Å². The van der Waals surface area contributed by atoms with Crippen LogP contribution in [-0.4, -0.2) is 4.98 Å². The second kappa shape index (κ2) is 6.49. The molecule has 106 valence electrons. The van der Waals surface area contributed by atoms with Gasteiger partial charge >= 0.3 is 0 Å². The molecule has 3 unspecified atom stereocenters. The van der Waals surface area contributed by atoms with Crippen LogP contribution >= 0.6 is 0 Å². The van der Waals surface area contributed by atoms with E-state index in [9.17, 15) is 0 Å². The van der Waals surface area contributed by atoms with Crippen molar-refractivity contribution in [3.8, 4) is 0 Å². The van der Waals surface area contributed by atoms with Gasteiger partial charge in [-0.2, -0.15) is 0 Å². The van der Waals surface area contributed by atoms with Gasteiger partial charge in [-0.1, -0.05) is 32.3 Å². The lowest BCUT2D eigenvalue weighted by Crippen LogP contribution is -2.36. The van der Waals surface area contributed by atoms with Gasteiger partial charge in [-0.3, -0.25) is 16.3 Å². The third-order valence-corrected chi connectivity index (χ3v) is 4.60. The van der Waals surface area contributed by atoms with Crippen molar-refractivity contribution < 1.29 is 0 Å². The van der Waals surface area contributed by atoms with Crippen LogP contribution < -0.4 is 11.3 Å². The summed E-state index contributed by atoms with van der Waals surface area (Å²) in [6, 6.07) is 2.40. The summed E-state index contributed by atoms with van der Waals surface area (Å²) in [5, 5.41) is 0. The van der Waals surface area contributed by atoms with Gasteiger partial charge in [0.15, 0.2) is 0 Å². The van der Waals surface area contributed by atoms with Crippen LogP contribution in [0.1, 0.15) is 61.9 Å². The van der Waals surface area contributed by atoms with Crippen LogP contribution in [-0.2, 0) is 0 Å². The third kappa shape index (κ3) is 3.34. The second-order valence-electron chi connectivity index (χ2n) is 6.06. The molecule has 2 rings (SSSR count). The molecule has 3 nitrogen and oxygen atoms in total. The van der Waals surface area contributed by atoms with Gasteiger partial charge in [-0.15, -0.1) is 0 Å². The number of pyridine rings is 1. The molecule has 1 saturated carbocycles. The van der Waals surface area contributed by atoms with Gasteiger partial charge in [-0.25, -0.2) is 0 Å². The number of aryl methyl sites for hydroxylation is 2. The molecule has 0 saturated heterocycles. The van der Waals surface area contributed by atoms with Crippen molar-refractivity contribution in [3.63, 3.8) is 0 Å². The lowest BCUT2D eigenvalue weighted by molar-refractivity contribution is 0.207. The Hall–Kier alpha value is -0.930. The maximum Gasteiger partial charge on any atom is 0.0663 e. The predicted molar refractivity (Wildman–Crippen MR) is 79.5 cm³/mol. The van der Waals surface area contributed by atoms with E-state index in [1.807, 2.05) is 6.20 Å². The molecule has 1 aliphatic carbocycles. The molecule has 19 heavy (non-hydrogen) atoms. The number of nitrogens with zero attached hydrogens (tertiary/aromatic N) is 1. The van der Waals surface area contributed by atoms with Gasteiger partial charge in [0.2, 0.25) is 0 Å². The van der Waals surface area contributed by atoms with Crippen LogP contribution in [0.4, 0.5) is 0 Å². The van der Waals surface area contributed by atoms with Crippen molar-refractivity contribution in [1.82, 2.24) is 10.4 Å². The number of nitrogens with one attached hydrogen (secondary N) is 1. The Morgan fingerprint density at radius 2 is 2.21 bits per heavy atom. The van der Waals surface area contributed by atoms with Crippen LogP contribution in [0.25, 0.3) is 0 Å². The molecule has 0 bridgehead atoms. The lowest BCUT2D eigenvalue weighted by Gasteiger charge is -2.34. The summed E-state index contributed by atoms with van der Waals surface area (Å²) in [6.07, 6.45) is 8.48. The minimum atomic E-state index is 0.204. The highest BCUT2D eigenvalue weighted by atomic mass is 15.2. The Morgan fingerprint density at radius 1 is 1.42 bits per heavy atom. The van der Waals surface area contributed by atoms with E-state index in [2.05, 4.69) is 37.2 Å². The molecular formula is C16H27N3. The summed E-state index contributed by atoms with van der Waals surface area (Å²) in [5.74, 6) is 7.32. The van der Waals surface area contributed by atoms with E-state index in [0.717, 1.165) is 11.6 Å². The van der Waals surface area contributed by atoms with Gasteiger partial charge in [0.05, 0.1) is 11.7 Å². The number of nitrogens with two attached hydrogens (primary N) is 1. The Morgan fingerprint density at radius 3 is 2.84 bits per heavy atom. The first kappa shape index (κ1) is 14.5. The molecule has 1 aliphatic rings. The number of rotatable bonds is 4. The van der Waals surface area contributed by atoms with Crippen LogP contribution in [0, 0.1) is 25.7 Å². The predicted octanol–water partition coefficient (Wildman–Crippen LogP) is 3.42. The summed E-state index contributed by atoms with van der Waals surface area (Å²) in [5.41, 5.74) is 6.63. The molecular weight excluding hydrogens is 234 g/mol. The summed E-state index contributed by atoms with van der Waals surface area (Å²) < 4.78 is 0. The maximum atomic E-state index is 5.84. The zero-order valence-electron chi connectivity index (χ0n) is 12.4. The van der Waals surface area contributed by atoms with E-state index in [1.165, 1.54) is 43.2 Å². The van der Waals surface area contributed by atoms with Crippen molar-refractivity contribution >= 4 is 0 Å². The van der Waals surface area contributed by atoms with Crippen molar-refractivity contribution in [1.29, 1.82) is 0 Å². The molecule has 3 N–H and O–H groups in total. The minimum Gasteiger partial charge on any atom is -0.271 e. The minimum absolute atomic E-state index is 0.204. The van der Waals surface area contributed by atoms with E-state index in [1.54, 1.807) is 0 Å². The van der Waals surface area contributed by atoms with Gasteiger partial charge in [-0.05, 0) is 49.7 Å². The summed E-state index contributed by atoms with van der Waals surface area (Å²) in [4.78, 5) is 4.63. The molecule has 0 amide bonds. The summed E-state index contributed by atoms with van der Waals surface area (Å²) in [7, 11) is 0.